The number of carbonyl (C=O) groups is 1. The molecule has 0 unspecified atom stereocenters. The van der Waals surface area contributed by atoms with Gasteiger partial charge in [0.25, 0.3) is 15.9 Å². The van der Waals surface area contributed by atoms with E-state index in [1.54, 1.807) is 36.4 Å². The first kappa shape index (κ1) is 30.2. The van der Waals surface area contributed by atoms with Gasteiger partial charge in [0.05, 0.1) is 34.1 Å². The van der Waals surface area contributed by atoms with Gasteiger partial charge in [-0.1, -0.05) is 23.7 Å². The van der Waals surface area contributed by atoms with Gasteiger partial charge in [0.1, 0.15) is 12.3 Å². The number of hydrogen-bond donors (Lipinski definition) is 1. The number of carbonyl (C=O) groups excluding carboxylic acids is 1. The number of hydrazone groups is 1. The van der Waals surface area contributed by atoms with Crippen molar-refractivity contribution in [3.8, 4) is 11.4 Å². The number of anilines is 1. The van der Waals surface area contributed by atoms with Gasteiger partial charge in [0, 0.05) is 21.8 Å². The fourth-order valence-electron chi connectivity index (χ4n) is 4.33. The summed E-state index contributed by atoms with van der Waals surface area (Å²) < 4.78 is 35.9. The molecule has 0 aliphatic carbocycles. The van der Waals surface area contributed by atoms with Crippen LogP contribution in [-0.4, -0.2) is 44.5 Å². The van der Waals surface area contributed by atoms with Crippen molar-refractivity contribution >= 4 is 51.2 Å². The van der Waals surface area contributed by atoms with Crippen LogP contribution in [-0.2, 0) is 14.8 Å². The van der Waals surface area contributed by atoms with Crippen LogP contribution in [0.5, 0.6) is 5.75 Å². The molecule has 0 atom stereocenters. The van der Waals surface area contributed by atoms with E-state index in [1.807, 2.05) is 61.9 Å². The van der Waals surface area contributed by atoms with Crippen molar-refractivity contribution in [1.29, 1.82) is 0 Å². The number of nitrogens with one attached hydrogen (secondary N) is 1. The van der Waals surface area contributed by atoms with Crippen molar-refractivity contribution in [2.45, 2.75) is 30.6 Å². The number of aryl methyl sites for hydroxylation is 1. The second-order valence-corrected chi connectivity index (χ2v) is 12.2. The molecular weight excluding hydrogens is 580 g/mol. The van der Waals surface area contributed by atoms with Crippen molar-refractivity contribution in [2.24, 2.45) is 5.10 Å². The summed E-state index contributed by atoms with van der Waals surface area (Å²) in [5, 5.41) is 4.74. The Morgan fingerprint density at radius 3 is 2.39 bits per heavy atom. The Kier molecular flexibility index (Phi) is 9.80. The molecule has 0 aliphatic rings. The van der Waals surface area contributed by atoms with Gasteiger partial charge in [-0.15, -0.1) is 11.8 Å². The number of amides is 1. The van der Waals surface area contributed by atoms with Crippen LogP contribution in [0.15, 0.2) is 93.8 Å². The van der Waals surface area contributed by atoms with Crippen LogP contribution in [0.25, 0.3) is 5.69 Å². The Hall–Kier alpha value is -3.73. The number of thioether (sulfide) groups is 1. The highest BCUT2D eigenvalue weighted by Crippen LogP contribution is 2.28. The number of sulfonamides is 1. The van der Waals surface area contributed by atoms with E-state index in [4.69, 9.17) is 16.3 Å². The number of hydrogen-bond acceptors (Lipinski definition) is 6. The van der Waals surface area contributed by atoms with Crippen molar-refractivity contribution in [1.82, 2.24) is 9.99 Å². The molecular formula is C30H31ClN4O4S2. The highest BCUT2D eigenvalue weighted by molar-refractivity contribution is 7.98. The molecule has 1 amide bonds. The summed E-state index contributed by atoms with van der Waals surface area (Å²) in [4.78, 5) is 14.0. The normalized spacial score (nSPS) is 11.5. The Morgan fingerprint density at radius 1 is 1.07 bits per heavy atom. The molecule has 0 fully saturated rings. The van der Waals surface area contributed by atoms with Crippen LogP contribution in [0, 0.1) is 13.8 Å². The van der Waals surface area contributed by atoms with Crippen LogP contribution in [0.2, 0.25) is 5.02 Å². The standard InChI is InChI=1S/C30H31ClN4O4S2/c1-5-39-25-12-10-24(11-13-25)34(41(37,38)27-16-14-26(40-4)15-17-27)20-30(36)33-32-19-23-18-21(2)35(22(23)3)29-9-7-6-8-28(29)31/h6-19H,5,20H2,1-4H3,(H,33,36)/b32-19-. The van der Waals surface area contributed by atoms with E-state index in [-0.39, 0.29) is 4.90 Å². The maximum Gasteiger partial charge on any atom is 0.264 e. The number of ether oxygens (including phenoxy) is 1. The summed E-state index contributed by atoms with van der Waals surface area (Å²) in [6, 6.07) is 22.6. The van der Waals surface area contributed by atoms with Gasteiger partial charge in [0.15, 0.2) is 0 Å². The van der Waals surface area contributed by atoms with Gasteiger partial charge < -0.3 is 9.30 Å². The minimum atomic E-state index is -4.07. The minimum Gasteiger partial charge on any atom is -0.494 e. The van der Waals surface area contributed by atoms with Crippen LogP contribution >= 0.6 is 23.4 Å². The van der Waals surface area contributed by atoms with E-state index >= 15 is 0 Å². The first-order chi connectivity index (χ1) is 19.6. The number of aromatic nitrogens is 1. The Balaban J connectivity index is 1.56. The summed E-state index contributed by atoms with van der Waals surface area (Å²) >= 11 is 7.91. The second-order valence-electron chi connectivity index (χ2n) is 9.02. The summed E-state index contributed by atoms with van der Waals surface area (Å²) in [5.41, 5.74) is 6.26. The molecule has 0 saturated heterocycles. The topological polar surface area (TPSA) is 93.0 Å². The van der Waals surface area contributed by atoms with Gasteiger partial charge in [-0.2, -0.15) is 5.10 Å². The third-order valence-corrected chi connectivity index (χ3v) is 9.18. The summed E-state index contributed by atoms with van der Waals surface area (Å²) in [6.07, 6.45) is 3.44. The van der Waals surface area contributed by atoms with E-state index < -0.39 is 22.5 Å². The zero-order valence-electron chi connectivity index (χ0n) is 23.2. The third-order valence-electron chi connectivity index (χ3n) is 6.33. The monoisotopic (exact) mass is 610 g/mol. The Bertz CT molecular complexity index is 1650. The van der Waals surface area contributed by atoms with Crippen LogP contribution in [0.4, 0.5) is 5.69 Å². The van der Waals surface area contributed by atoms with E-state index in [9.17, 15) is 13.2 Å². The second kappa shape index (κ2) is 13.3. The van der Waals surface area contributed by atoms with Crippen LogP contribution in [0.1, 0.15) is 23.9 Å². The van der Waals surface area contributed by atoms with Crippen molar-refractivity contribution in [3.05, 3.63) is 101 Å². The maximum atomic E-state index is 13.7. The molecule has 11 heteroatoms. The summed E-state index contributed by atoms with van der Waals surface area (Å²) in [5.74, 6) is 0.000665. The predicted molar refractivity (Wildman–Crippen MR) is 166 cm³/mol. The van der Waals surface area contributed by atoms with E-state index in [1.165, 1.54) is 30.1 Å². The van der Waals surface area contributed by atoms with Gasteiger partial charge >= 0.3 is 0 Å². The summed E-state index contributed by atoms with van der Waals surface area (Å²) in [6.45, 7) is 5.75. The van der Waals surface area contributed by atoms with Gasteiger partial charge in [-0.25, -0.2) is 13.8 Å². The number of halogens is 1. The number of nitrogens with zero attached hydrogens (tertiary/aromatic N) is 3. The number of para-hydroxylation sites is 1. The molecule has 4 rings (SSSR count). The highest BCUT2D eigenvalue weighted by atomic mass is 35.5. The van der Waals surface area contributed by atoms with E-state index in [0.29, 0.717) is 23.1 Å². The zero-order valence-corrected chi connectivity index (χ0v) is 25.6. The third kappa shape index (κ3) is 6.95. The molecule has 41 heavy (non-hydrogen) atoms. The lowest BCUT2D eigenvalue weighted by molar-refractivity contribution is -0.119. The van der Waals surface area contributed by atoms with Gasteiger partial charge in [-0.05, 0) is 93.8 Å². The molecule has 1 N–H and O–H groups in total. The number of rotatable bonds is 11. The van der Waals surface area contributed by atoms with Crippen LogP contribution < -0.4 is 14.5 Å². The molecule has 1 aromatic heterocycles. The average Bonchev–Trinajstić information content (AvgIpc) is 3.25. The molecule has 3 aromatic carbocycles. The molecule has 0 saturated carbocycles. The lowest BCUT2D eigenvalue weighted by Crippen LogP contribution is -2.39. The quantitative estimate of drug-likeness (QED) is 0.124. The number of benzene rings is 3. The van der Waals surface area contributed by atoms with Crippen LogP contribution in [0.3, 0.4) is 0 Å². The smallest absolute Gasteiger partial charge is 0.264 e. The van der Waals surface area contributed by atoms with E-state index in [0.717, 1.165) is 31.8 Å². The summed E-state index contributed by atoms with van der Waals surface area (Å²) in [7, 11) is -4.07. The molecule has 0 aliphatic heterocycles. The SMILES string of the molecule is CCOc1ccc(N(CC(=O)N/N=C\c2cc(C)n(-c3ccccc3Cl)c2C)S(=O)(=O)c2ccc(SC)cc2)cc1. The Labute approximate surface area is 250 Å². The lowest BCUT2D eigenvalue weighted by Gasteiger charge is -2.24. The Morgan fingerprint density at radius 2 is 1.76 bits per heavy atom. The fraction of sp³-hybridized carbons (Fsp3) is 0.200. The first-order valence-corrected chi connectivity index (χ1v) is 15.9. The van der Waals surface area contributed by atoms with Crippen molar-refractivity contribution < 1.29 is 17.9 Å². The molecule has 214 valence electrons. The molecule has 4 aromatic rings. The zero-order chi connectivity index (χ0) is 29.6. The first-order valence-electron chi connectivity index (χ1n) is 12.8. The predicted octanol–water partition coefficient (Wildman–Crippen LogP) is 6.21. The average molecular weight is 611 g/mol. The van der Waals surface area contributed by atoms with Crippen molar-refractivity contribution in [2.75, 3.05) is 23.7 Å². The van der Waals surface area contributed by atoms with Crippen molar-refractivity contribution in [3.63, 3.8) is 0 Å². The molecule has 0 radical (unpaired) electrons. The minimum absolute atomic E-state index is 0.0764. The molecule has 1 heterocycles. The fourth-order valence-corrected chi connectivity index (χ4v) is 6.38. The maximum absolute atomic E-state index is 13.7. The molecule has 0 bridgehead atoms. The largest absolute Gasteiger partial charge is 0.494 e. The highest BCUT2D eigenvalue weighted by Gasteiger charge is 2.27. The van der Waals surface area contributed by atoms with Gasteiger partial charge in [0.2, 0.25) is 0 Å². The molecule has 8 nitrogen and oxygen atoms in total. The van der Waals surface area contributed by atoms with E-state index in [2.05, 4.69) is 10.5 Å². The lowest BCUT2D eigenvalue weighted by atomic mass is 10.2. The van der Waals surface area contributed by atoms with Gasteiger partial charge in [-0.3, -0.25) is 9.10 Å². The molecule has 0 spiro atoms.